The molecule has 106 valence electrons. The summed E-state index contributed by atoms with van der Waals surface area (Å²) in [4.78, 5) is 13.5. The second-order valence-electron chi connectivity index (χ2n) is 4.71. The van der Waals surface area contributed by atoms with E-state index in [1.807, 2.05) is 10.9 Å². The van der Waals surface area contributed by atoms with Crippen molar-refractivity contribution in [3.63, 3.8) is 0 Å². The Morgan fingerprint density at radius 2 is 2.47 bits per heavy atom. The first kappa shape index (κ1) is 14.0. The van der Waals surface area contributed by atoms with E-state index in [1.54, 1.807) is 0 Å². The van der Waals surface area contributed by atoms with Crippen LogP contribution in [0.3, 0.4) is 0 Å². The molecule has 1 atom stereocenters. The Morgan fingerprint density at radius 3 is 3.16 bits per heavy atom. The van der Waals surface area contributed by atoms with Crippen molar-refractivity contribution in [2.24, 2.45) is 0 Å². The van der Waals surface area contributed by atoms with E-state index in [0.717, 1.165) is 26.2 Å². The lowest BCUT2D eigenvalue weighted by molar-refractivity contribution is -0.145. The molecule has 0 amide bonds. The molecular weight excluding hydrogens is 246 g/mol. The topological polar surface area (TPSA) is 56.6 Å². The molecule has 1 aromatic rings. The number of morpholine rings is 1. The first-order valence-electron chi connectivity index (χ1n) is 6.63. The predicted octanol–water partition coefficient (Wildman–Crippen LogP) is 0.667. The van der Waals surface area contributed by atoms with E-state index >= 15 is 0 Å². The second kappa shape index (κ2) is 6.68. The SMILES string of the molecule is CCn1cc(CN2CCOC(CC(=O)OC)C2)cn1. The zero-order chi connectivity index (χ0) is 13.7. The highest BCUT2D eigenvalue weighted by molar-refractivity contribution is 5.69. The largest absolute Gasteiger partial charge is 0.469 e. The van der Waals surface area contributed by atoms with Gasteiger partial charge in [-0.1, -0.05) is 0 Å². The molecule has 0 saturated carbocycles. The van der Waals surface area contributed by atoms with Gasteiger partial charge in [0.1, 0.15) is 0 Å². The van der Waals surface area contributed by atoms with Crippen LogP contribution in [-0.4, -0.2) is 53.6 Å². The molecule has 0 N–H and O–H groups in total. The van der Waals surface area contributed by atoms with Crippen LogP contribution in [0.4, 0.5) is 0 Å². The van der Waals surface area contributed by atoms with Crippen LogP contribution in [0.1, 0.15) is 18.9 Å². The summed E-state index contributed by atoms with van der Waals surface area (Å²) in [6, 6.07) is 0. The van der Waals surface area contributed by atoms with Crippen LogP contribution < -0.4 is 0 Å². The van der Waals surface area contributed by atoms with Crippen molar-refractivity contribution in [3.8, 4) is 0 Å². The van der Waals surface area contributed by atoms with Crippen molar-refractivity contribution in [1.29, 1.82) is 0 Å². The van der Waals surface area contributed by atoms with Crippen LogP contribution in [0.25, 0.3) is 0 Å². The highest BCUT2D eigenvalue weighted by atomic mass is 16.5. The number of esters is 1. The van der Waals surface area contributed by atoms with Gasteiger partial charge < -0.3 is 9.47 Å². The van der Waals surface area contributed by atoms with E-state index in [0.29, 0.717) is 13.0 Å². The highest BCUT2D eigenvalue weighted by Gasteiger charge is 2.23. The standard InChI is InChI=1S/C13H21N3O3/c1-3-16-9-11(7-14-16)8-15-4-5-19-12(10-15)6-13(17)18-2/h7,9,12H,3-6,8,10H2,1-2H3. The lowest BCUT2D eigenvalue weighted by atomic mass is 10.2. The smallest absolute Gasteiger partial charge is 0.308 e. The first-order valence-corrected chi connectivity index (χ1v) is 6.63. The molecule has 0 bridgehead atoms. The van der Waals surface area contributed by atoms with E-state index in [9.17, 15) is 4.79 Å². The molecule has 1 aliphatic rings. The van der Waals surface area contributed by atoms with Gasteiger partial charge in [0, 0.05) is 37.9 Å². The van der Waals surface area contributed by atoms with Gasteiger partial charge in [-0.15, -0.1) is 0 Å². The molecule has 1 unspecified atom stereocenters. The fourth-order valence-corrected chi connectivity index (χ4v) is 2.24. The van der Waals surface area contributed by atoms with Crippen molar-refractivity contribution in [2.45, 2.75) is 32.5 Å². The van der Waals surface area contributed by atoms with E-state index in [2.05, 4.69) is 27.9 Å². The van der Waals surface area contributed by atoms with Gasteiger partial charge in [-0.2, -0.15) is 5.10 Å². The highest BCUT2D eigenvalue weighted by Crippen LogP contribution is 2.12. The zero-order valence-corrected chi connectivity index (χ0v) is 11.5. The van der Waals surface area contributed by atoms with E-state index < -0.39 is 0 Å². The first-order chi connectivity index (χ1) is 9.21. The average molecular weight is 267 g/mol. The Morgan fingerprint density at radius 1 is 1.63 bits per heavy atom. The van der Waals surface area contributed by atoms with Crippen LogP contribution in [0, 0.1) is 0 Å². The summed E-state index contributed by atoms with van der Waals surface area (Å²) in [5, 5.41) is 4.27. The summed E-state index contributed by atoms with van der Waals surface area (Å²) in [7, 11) is 1.40. The third-order valence-corrected chi connectivity index (χ3v) is 3.26. The Kier molecular flexibility index (Phi) is 4.93. The van der Waals surface area contributed by atoms with Gasteiger partial charge in [0.05, 0.1) is 32.4 Å². The molecule has 0 radical (unpaired) electrons. The number of aryl methyl sites for hydroxylation is 1. The molecule has 19 heavy (non-hydrogen) atoms. The van der Waals surface area contributed by atoms with Crippen LogP contribution in [0.15, 0.2) is 12.4 Å². The maximum absolute atomic E-state index is 11.3. The van der Waals surface area contributed by atoms with Crippen molar-refractivity contribution in [1.82, 2.24) is 14.7 Å². The molecule has 0 spiro atoms. The summed E-state index contributed by atoms with van der Waals surface area (Å²) in [6.07, 6.45) is 4.21. The van der Waals surface area contributed by atoms with Gasteiger partial charge in [-0.25, -0.2) is 0 Å². The zero-order valence-electron chi connectivity index (χ0n) is 11.5. The number of nitrogens with zero attached hydrogens (tertiary/aromatic N) is 3. The van der Waals surface area contributed by atoms with Gasteiger partial charge in [-0.05, 0) is 6.92 Å². The summed E-state index contributed by atoms with van der Waals surface area (Å²) < 4.78 is 12.2. The molecule has 0 aliphatic carbocycles. The number of ether oxygens (including phenoxy) is 2. The minimum absolute atomic E-state index is 0.0672. The molecule has 0 aromatic carbocycles. The van der Waals surface area contributed by atoms with E-state index in [-0.39, 0.29) is 12.1 Å². The van der Waals surface area contributed by atoms with Gasteiger partial charge in [0.25, 0.3) is 0 Å². The van der Waals surface area contributed by atoms with Crippen molar-refractivity contribution >= 4 is 5.97 Å². The summed E-state index contributed by atoms with van der Waals surface area (Å²) >= 11 is 0. The van der Waals surface area contributed by atoms with Crippen molar-refractivity contribution < 1.29 is 14.3 Å². The third kappa shape index (κ3) is 4.04. The van der Waals surface area contributed by atoms with Gasteiger partial charge in [0.2, 0.25) is 0 Å². The van der Waals surface area contributed by atoms with Gasteiger partial charge in [-0.3, -0.25) is 14.4 Å². The predicted molar refractivity (Wildman–Crippen MR) is 69.6 cm³/mol. The van der Waals surface area contributed by atoms with Gasteiger partial charge in [0.15, 0.2) is 0 Å². The lowest BCUT2D eigenvalue weighted by Crippen LogP contribution is -2.42. The fraction of sp³-hybridized carbons (Fsp3) is 0.692. The number of methoxy groups -OCH3 is 1. The lowest BCUT2D eigenvalue weighted by Gasteiger charge is -2.32. The van der Waals surface area contributed by atoms with Crippen LogP contribution in [0.2, 0.25) is 0 Å². The van der Waals surface area contributed by atoms with Crippen LogP contribution >= 0.6 is 0 Å². The molecule has 1 aromatic heterocycles. The maximum Gasteiger partial charge on any atom is 0.308 e. The average Bonchev–Trinajstić information content (AvgIpc) is 2.86. The molecule has 1 saturated heterocycles. The number of hydrogen-bond donors (Lipinski definition) is 0. The Bertz CT molecular complexity index is 419. The Balaban J connectivity index is 1.85. The number of aromatic nitrogens is 2. The number of carbonyl (C=O) groups excluding carboxylic acids is 1. The maximum atomic E-state index is 11.3. The molecule has 1 fully saturated rings. The Hall–Kier alpha value is -1.40. The molecule has 2 rings (SSSR count). The number of carbonyl (C=O) groups is 1. The van der Waals surface area contributed by atoms with Crippen LogP contribution in [0.5, 0.6) is 0 Å². The summed E-state index contributed by atoms with van der Waals surface area (Å²) in [6.45, 7) is 6.10. The van der Waals surface area contributed by atoms with Crippen LogP contribution in [-0.2, 0) is 27.4 Å². The molecular formula is C13H21N3O3. The normalized spacial score (nSPS) is 20.4. The Labute approximate surface area is 113 Å². The molecule has 2 heterocycles. The minimum atomic E-state index is -0.217. The molecule has 6 nitrogen and oxygen atoms in total. The van der Waals surface area contributed by atoms with Crippen molar-refractivity contribution in [3.05, 3.63) is 18.0 Å². The molecule has 1 aliphatic heterocycles. The van der Waals surface area contributed by atoms with Gasteiger partial charge >= 0.3 is 5.97 Å². The fourth-order valence-electron chi connectivity index (χ4n) is 2.24. The minimum Gasteiger partial charge on any atom is -0.469 e. The quantitative estimate of drug-likeness (QED) is 0.734. The summed E-state index contributed by atoms with van der Waals surface area (Å²) in [5.41, 5.74) is 1.19. The monoisotopic (exact) mass is 267 g/mol. The van der Waals surface area contributed by atoms with E-state index in [1.165, 1.54) is 12.7 Å². The van der Waals surface area contributed by atoms with E-state index in [4.69, 9.17) is 4.74 Å². The summed E-state index contributed by atoms with van der Waals surface area (Å²) in [5.74, 6) is -0.217. The third-order valence-electron chi connectivity index (χ3n) is 3.26. The second-order valence-corrected chi connectivity index (χ2v) is 4.71. The molecule has 6 heteroatoms. The van der Waals surface area contributed by atoms with Crippen molar-refractivity contribution in [2.75, 3.05) is 26.8 Å². The number of hydrogen-bond acceptors (Lipinski definition) is 5. The number of rotatable bonds is 5.